The average molecular weight is 680 g/mol. The van der Waals surface area contributed by atoms with Crippen LogP contribution in [-0.4, -0.2) is 27.2 Å². The number of carbonyl (C=O) groups excluding carboxylic acids is 1. The van der Waals surface area contributed by atoms with Crippen molar-refractivity contribution in [2.45, 2.75) is 57.2 Å². The smallest absolute Gasteiger partial charge is 0.227 e. The van der Waals surface area contributed by atoms with Gasteiger partial charge in [0.1, 0.15) is 12.6 Å². The highest BCUT2D eigenvalue weighted by atomic mass is 79.9. The molecule has 1 aliphatic heterocycles. The van der Waals surface area contributed by atoms with Crippen molar-refractivity contribution in [3.63, 3.8) is 0 Å². The molecule has 6 rings (SSSR count). The van der Waals surface area contributed by atoms with Crippen molar-refractivity contribution in [1.29, 1.82) is 0 Å². The standard InChI is InChI=1S/C33H32BrClN4O3S/c1-4-41-28-15-21(12-13-27(28)42-18-20-8-7-10-23(34)14-20)30-29-25(16-33(2,3)17-26(29)40)36-31-37-32(38-39(30)31)43-19-22-9-5-6-11-24(22)35/h5-15,30H,4,16-19H2,1-3H3,(H,36,37,38). The molecule has 0 radical (unpaired) electrons. The van der Waals surface area contributed by atoms with E-state index in [1.165, 1.54) is 11.8 Å². The Labute approximate surface area is 269 Å². The second-order valence-corrected chi connectivity index (χ2v) is 13.7. The maximum Gasteiger partial charge on any atom is 0.227 e. The third-order valence-corrected chi connectivity index (χ3v) is 9.24. The summed E-state index contributed by atoms with van der Waals surface area (Å²) in [4.78, 5) is 18.6. The number of thioether (sulfide) groups is 1. The maximum atomic E-state index is 13.7. The molecule has 0 amide bonds. The Morgan fingerprint density at radius 3 is 2.70 bits per heavy atom. The van der Waals surface area contributed by atoms with Crippen LogP contribution in [0.4, 0.5) is 5.95 Å². The quantitative estimate of drug-likeness (QED) is 0.178. The Hall–Kier alpha value is -3.27. The van der Waals surface area contributed by atoms with E-state index < -0.39 is 6.04 Å². The number of rotatable bonds is 9. The van der Waals surface area contributed by atoms with Crippen LogP contribution in [0.5, 0.6) is 11.5 Å². The van der Waals surface area contributed by atoms with Crippen molar-refractivity contribution in [2.24, 2.45) is 5.41 Å². The van der Waals surface area contributed by atoms with Gasteiger partial charge in [-0.1, -0.05) is 89.5 Å². The van der Waals surface area contributed by atoms with Crippen LogP contribution >= 0.6 is 39.3 Å². The third-order valence-electron chi connectivity index (χ3n) is 7.49. The number of ether oxygens (including phenoxy) is 2. The van der Waals surface area contributed by atoms with Gasteiger partial charge >= 0.3 is 0 Å². The highest BCUT2D eigenvalue weighted by Gasteiger charge is 2.42. The lowest BCUT2D eigenvalue weighted by Crippen LogP contribution is -2.36. The summed E-state index contributed by atoms with van der Waals surface area (Å²) in [7, 11) is 0. The number of anilines is 1. The van der Waals surface area contributed by atoms with Gasteiger partial charge in [0, 0.05) is 32.9 Å². The van der Waals surface area contributed by atoms with Gasteiger partial charge in [-0.3, -0.25) is 4.79 Å². The number of nitrogens with one attached hydrogen (secondary N) is 1. The van der Waals surface area contributed by atoms with Crippen LogP contribution in [-0.2, 0) is 17.2 Å². The number of fused-ring (bicyclic) bond motifs is 1. The minimum absolute atomic E-state index is 0.114. The van der Waals surface area contributed by atoms with Gasteiger partial charge in [0.25, 0.3) is 0 Å². The molecule has 1 N–H and O–H groups in total. The molecule has 43 heavy (non-hydrogen) atoms. The number of benzene rings is 3. The number of allylic oxidation sites excluding steroid dienone is 2. The van der Waals surface area contributed by atoms with Gasteiger partial charge in [-0.25, -0.2) is 4.68 Å². The van der Waals surface area contributed by atoms with Crippen molar-refractivity contribution < 1.29 is 14.3 Å². The molecule has 10 heteroatoms. The highest BCUT2D eigenvalue weighted by Crippen LogP contribution is 2.47. The third kappa shape index (κ3) is 6.49. The molecule has 0 saturated carbocycles. The summed E-state index contributed by atoms with van der Waals surface area (Å²) in [5.41, 5.74) is 4.41. The number of aromatic nitrogens is 3. The molecule has 0 saturated heterocycles. The lowest BCUT2D eigenvalue weighted by Gasteiger charge is -2.38. The minimum atomic E-state index is -0.449. The molecular formula is C33H32BrClN4O3S. The van der Waals surface area contributed by atoms with Crippen LogP contribution < -0.4 is 14.8 Å². The summed E-state index contributed by atoms with van der Waals surface area (Å²) < 4.78 is 15.1. The minimum Gasteiger partial charge on any atom is -0.490 e. The number of nitrogens with zero attached hydrogens (tertiary/aromatic N) is 3. The van der Waals surface area contributed by atoms with E-state index in [0.29, 0.717) is 53.0 Å². The molecule has 2 aliphatic rings. The first kappa shape index (κ1) is 29.8. The van der Waals surface area contributed by atoms with Gasteiger partial charge in [0.15, 0.2) is 17.3 Å². The van der Waals surface area contributed by atoms with Gasteiger partial charge in [-0.05, 0) is 65.8 Å². The van der Waals surface area contributed by atoms with Crippen molar-refractivity contribution >= 4 is 51.0 Å². The van der Waals surface area contributed by atoms with Crippen molar-refractivity contribution in [3.05, 3.63) is 104 Å². The van der Waals surface area contributed by atoms with E-state index in [0.717, 1.165) is 38.9 Å². The highest BCUT2D eigenvalue weighted by molar-refractivity contribution is 9.10. The molecule has 4 aromatic rings. The van der Waals surface area contributed by atoms with E-state index >= 15 is 0 Å². The second-order valence-electron chi connectivity index (χ2n) is 11.5. The Bertz CT molecular complexity index is 1720. The predicted molar refractivity (Wildman–Crippen MR) is 174 cm³/mol. The molecule has 0 bridgehead atoms. The lowest BCUT2D eigenvalue weighted by molar-refractivity contribution is -0.118. The first-order valence-corrected chi connectivity index (χ1v) is 16.4. The summed E-state index contributed by atoms with van der Waals surface area (Å²) in [6.07, 6.45) is 1.21. The normalized spacial score (nSPS) is 17.2. The first-order chi connectivity index (χ1) is 20.7. The number of Topliss-reactive ketones (excluding diaryl/α,β-unsaturated/α-hetero) is 1. The fraction of sp³-hybridized carbons (Fsp3) is 0.303. The zero-order valence-electron chi connectivity index (χ0n) is 24.2. The van der Waals surface area contributed by atoms with E-state index in [1.807, 2.05) is 78.3 Å². The van der Waals surface area contributed by atoms with E-state index in [-0.39, 0.29) is 11.2 Å². The molecular weight excluding hydrogens is 648 g/mol. The SMILES string of the molecule is CCOc1cc(C2C3=C(CC(C)(C)CC3=O)Nc3nc(SCc4ccccc4Cl)nn32)ccc1OCc1cccc(Br)c1. The Morgan fingerprint density at radius 1 is 1.07 bits per heavy atom. The fourth-order valence-corrected chi connectivity index (χ4v) is 7.15. The summed E-state index contributed by atoms with van der Waals surface area (Å²) >= 11 is 11.4. The maximum absolute atomic E-state index is 13.7. The molecule has 7 nitrogen and oxygen atoms in total. The van der Waals surface area contributed by atoms with Crippen molar-refractivity contribution in [2.75, 3.05) is 11.9 Å². The van der Waals surface area contributed by atoms with Crippen LogP contribution in [0.2, 0.25) is 5.02 Å². The van der Waals surface area contributed by atoms with Crippen LogP contribution in [0, 0.1) is 5.41 Å². The Balaban J connectivity index is 1.36. The Kier molecular flexibility index (Phi) is 8.58. The first-order valence-electron chi connectivity index (χ1n) is 14.2. The van der Waals surface area contributed by atoms with Crippen LogP contribution in [0.25, 0.3) is 0 Å². The number of ketones is 1. The van der Waals surface area contributed by atoms with Gasteiger partial charge in [0.05, 0.1) is 6.61 Å². The summed E-state index contributed by atoms with van der Waals surface area (Å²) in [6, 6.07) is 21.2. The van der Waals surface area contributed by atoms with Gasteiger partial charge in [-0.2, -0.15) is 4.98 Å². The largest absolute Gasteiger partial charge is 0.490 e. The van der Waals surface area contributed by atoms with E-state index in [2.05, 4.69) is 35.1 Å². The molecule has 2 heterocycles. The van der Waals surface area contributed by atoms with Gasteiger partial charge in [0.2, 0.25) is 11.1 Å². The molecule has 0 spiro atoms. The second kappa shape index (κ2) is 12.4. The number of carbonyl (C=O) groups is 1. The van der Waals surface area contributed by atoms with Gasteiger partial charge in [-0.15, -0.1) is 5.10 Å². The lowest BCUT2D eigenvalue weighted by atomic mass is 9.73. The van der Waals surface area contributed by atoms with Crippen LogP contribution in [0.1, 0.15) is 56.3 Å². The molecule has 3 aromatic carbocycles. The monoisotopic (exact) mass is 678 g/mol. The predicted octanol–water partition coefficient (Wildman–Crippen LogP) is 8.62. The zero-order valence-corrected chi connectivity index (χ0v) is 27.4. The van der Waals surface area contributed by atoms with Gasteiger partial charge < -0.3 is 14.8 Å². The van der Waals surface area contributed by atoms with Crippen molar-refractivity contribution in [3.8, 4) is 11.5 Å². The summed E-state index contributed by atoms with van der Waals surface area (Å²) in [6.45, 7) is 7.07. The molecule has 1 unspecified atom stereocenters. The fourth-order valence-electron chi connectivity index (χ4n) is 5.59. The molecule has 0 fully saturated rings. The molecule has 222 valence electrons. The Morgan fingerprint density at radius 2 is 1.91 bits per heavy atom. The molecule has 1 aliphatic carbocycles. The number of halogens is 2. The number of hydrogen-bond acceptors (Lipinski definition) is 7. The van der Waals surface area contributed by atoms with Crippen molar-refractivity contribution in [1.82, 2.24) is 14.8 Å². The number of hydrogen-bond donors (Lipinski definition) is 1. The average Bonchev–Trinajstić information content (AvgIpc) is 3.37. The summed E-state index contributed by atoms with van der Waals surface area (Å²) in [5.74, 6) is 2.62. The van der Waals surface area contributed by atoms with E-state index in [9.17, 15) is 4.79 Å². The molecule has 1 aromatic heterocycles. The summed E-state index contributed by atoms with van der Waals surface area (Å²) in [5, 5.41) is 9.68. The van der Waals surface area contributed by atoms with Crippen LogP contribution in [0.15, 0.2) is 87.6 Å². The topological polar surface area (TPSA) is 78.3 Å². The zero-order chi connectivity index (χ0) is 30.1. The molecule has 1 atom stereocenters. The van der Waals surface area contributed by atoms with Crippen LogP contribution in [0.3, 0.4) is 0 Å². The van der Waals surface area contributed by atoms with E-state index in [4.69, 9.17) is 31.2 Å². The van der Waals surface area contributed by atoms with E-state index in [1.54, 1.807) is 0 Å².